The molecule has 0 aliphatic carbocycles. The molecule has 2 aromatic rings. The highest BCUT2D eigenvalue weighted by Crippen LogP contribution is 2.13. The van der Waals surface area contributed by atoms with Crippen LogP contribution in [0.3, 0.4) is 0 Å². The van der Waals surface area contributed by atoms with Crippen molar-refractivity contribution in [3.8, 4) is 5.75 Å². The van der Waals surface area contributed by atoms with Gasteiger partial charge in [-0.25, -0.2) is 5.43 Å². The van der Waals surface area contributed by atoms with Gasteiger partial charge in [0, 0.05) is 4.88 Å². The van der Waals surface area contributed by atoms with Gasteiger partial charge in [0.15, 0.2) is 6.61 Å². The molecule has 0 atom stereocenters. The fourth-order valence-electron chi connectivity index (χ4n) is 1.75. The van der Waals surface area contributed by atoms with Gasteiger partial charge in [0.1, 0.15) is 5.75 Å². The van der Waals surface area contributed by atoms with Gasteiger partial charge in [-0.15, -0.1) is 11.3 Å². The van der Waals surface area contributed by atoms with Crippen LogP contribution in [0.2, 0.25) is 0 Å². The molecular formula is C16H18N2O2S. The van der Waals surface area contributed by atoms with Crippen LogP contribution in [0, 0.1) is 0 Å². The third-order valence-electron chi connectivity index (χ3n) is 2.76. The fourth-order valence-corrected chi connectivity index (χ4v) is 2.34. The molecule has 0 aliphatic heterocycles. The summed E-state index contributed by atoms with van der Waals surface area (Å²) in [6, 6.07) is 11.7. The van der Waals surface area contributed by atoms with Gasteiger partial charge in [-0.2, -0.15) is 5.10 Å². The number of hydrazone groups is 1. The summed E-state index contributed by atoms with van der Waals surface area (Å²) in [6.07, 6.45) is 3.78. The average Bonchev–Trinajstić information content (AvgIpc) is 3.00. The summed E-state index contributed by atoms with van der Waals surface area (Å²) >= 11 is 1.56. The van der Waals surface area contributed by atoms with E-state index in [1.165, 1.54) is 5.56 Å². The number of ether oxygens (including phenoxy) is 1. The first-order valence-electron chi connectivity index (χ1n) is 6.85. The van der Waals surface area contributed by atoms with Crippen LogP contribution in [-0.4, -0.2) is 18.7 Å². The highest BCUT2D eigenvalue weighted by Gasteiger charge is 2.01. The molecule has 110 valence electrons. The predicted molar refractivity (Wildman–Crippen MR) is 86.0 cm³/mol. The molecule has 0 saturated heterocycles. The number of hydrogen-bond donors (Lipinski definition) is 1. The molecule has 4 nitrogen and oxygen atoms in total. The first-order valence-corrected chi connectivity index (χ1v) is 7.73. The molecule has 1 heterocycles. The van der Waals surface area contributed by atoms with Crippen molar-refractivity contribution in [1.29, 1.82) is 0 Å². The van der Waals surface area contributed by atoms with Crippen LogP contribution in [0.15, 0.2) is 46.9 Å². The number of nitrogens with one attached hydrogen (secondary N) is 1. The molecule has 0 saturated carbocycles. The van der Waals surface area contributed by atoms with Gasteiger partial charge in [0.2, 0.25) is 0 Å². The summed E-state index contributed by atoms with van der Waals surface area (Å²) in [5, 5.41) is 5.82. The number of hydrogen-bond acceptors (Lipinski definition) is 4. The van der Waals surface area contributed by atoms with Crippen LogP contribution in [0.4, 0.5) is 0 Å². The predicted octanol–water partition coefficient (Wildman–Crippen LogP) is 3.23. The second-order valence-electron chi connectivity index (χ2n) is 4.49. The highest BCUT2D eigenvalue weighted by molar-refractivity contribution is 7.11. The third kappa shape index (κ3) is 5.39. The molecule has 2 rings (SSSR count). The molecule has 0 spiro atoms. The minimum absolute atomic E-state index is 0.0467. The number of aryl methyl sites for hydroxylation is 1. The van der Waals surface area contributed by atoms with Gasteiger partial charge in [-0.05, 0) is 35.6 Å². The molecule has 0 aliphatic rings. The monoisotopic (exact) mass is 302 g/mol. The summed E-state index contributed by atoms with van der Waals surface area (Å²) in [5.74, 6) is 0.410. The van der Waals surface area contributed by atoms with Gasteiger partial charge in [0.05, 0.1) is 6.21 Å². The minimum atomic E-state index is -0.277. The number of carbonyl (C=O) groups excluding carboxylic acids is 1. The Kier molecular flexibility index (Phi) is 5.97. The molecule has 0 radical (unpaired) electrons. The zero-order valence-corrected chi connectivity index (χ0v) is 12.7. The van der Waals surface area contributed by atoms with E-state index < -0.39 is 0 Å². The number of thiophene rings is 1. The van der Waals surface area contributed by atoms with E-state index >= 15 is 0 Å². The quantitative estimate of drug-likeness (QED) is 0.630. The van der Waals surface area contributed by atoms with Crippen LogP contribution in [0.25, 0.3) is 0 Å². The van der Waals surface area contributed by atoms with E-state index in [9.17, 15) is 4.79 Å². The van der Waals surface area contributed by atoms with Crippen molar-refractivity contribution < 1.29 is 9.53 Å². The maximum atomic E-state index is 11.6. The molecule has 21 heavy (non-hydrogen) atoms. The van der Waals surface area contributed by atoms with Crippen LogP contribution in [0.1, 0.15) is 23.8 Å². The van der Waals surface area contributed by atoms with E-state index in [0.717, 1.165) is 17.7 Å². The zero-order valence-electron chi connectivity index (χ0n) is 11.9. The van der Waals surface area contributed by atoms with Gasteiger partial charge < -0.3 is 4.74 Å². The van der Waals surface area contributed by atoms with E-state index in [-0.39, 0.29) is 12.5 Å². The van der Waals surface area contributed by atoms with E-state index in [1.54, 1.807) is 17.6 Å². The molecule has 5 heteroatoms. The van der Waals surface area contributed by atoms with E-state index in [0.29, 0.717) is 5.75 Å². The SMILES string of the molecule is CCCc1ccc(OCC(=O)N/N=C/c2cccs2)cc1. The number of benzene rings is 1. The van der Waals surface area contributed by atoms with Crippen LogP contribution in [-0.2, 0) is 11.2 Å². The van der Waals surface area contributed by atoms with Crippen molar-refractivity contribution in [2.75, 3.05) is 6.61 Å². The molecule has 1 aromatic carbocycles. The largest absolute Gasteiger partial charge is 0.484 e. The van der Waals surface area contributed by atoms with Crippen molar-refractivity contribution in [3.05, 3.63) is 52.2 Å². The maximum Gasteiger partial charge on any atom is 0.277 e. The Labute approximate surface area is 128 Å². The van der Waals surface area contributed by atoms with Crippen molar-refractivity contribution in [2.45, 2.75) is 19.8 Å². The van der Waals surface area contributed by atoms with E-state index in [2.05, 4.69) is 17.5 Å². The number of carbonyl (C=O) groups is 1. The molecule has 1 N–H and O–H groups in total. The minimum Gasteiger partial charge on any atom is -0.484 e. The number of nitrogens with zero attached hydrogens (tertiary/aromatic N) is 1. The highest BCUT2D eigenvalue weighted by atomic mass is 32.1. The summed E-state index contributed by atoms with van der Waals surface area (Å²) in [6.45, 7) is 2.10. The zero-order chi connectivity index (χ0) is 14.9. The topological polar surface area (TPSA) is 50.7 Å². The van der Waals surface area contributed by atoms with Crippen molar-refractivity contribution in [1.82, 2.24) is 5.43 Å². The van der Waals surface area contributed by atoms with Gasteiger partial charge in [-0.1, -0.05) is 31.5 Å². The molecule has 1 aromatic heterocycles. The third-order valence-corrected chi connectivity index (χ3v) is 3.56. The van der Waals surface area contributed by atoms with Crippen LogP contribution in [0.5, 0.6) is 5.75 Å². The Bertz CT molecular complexity index is 577. The average molecular weight is 302 g/mol. The van der Waals surface area contributed by atoms with Crippen molar-refractivity contribution in [2.24, 2.45) is 5.10 Å². The Balaban J connectivity index is 1.73. The standard InChI is InChI=1S/C16H18N2O2S/c1-2-4-13-6-8-14(9-7-13)20-12-16(19)18-17-11-15-5-3-10-21-15/h3,5-11H,2,4,12H2,1H3,(H,18,19)/b17-11+. The summed E-state index contributed by atoms with van der Waals surface area (Å²) < 4.78 is 5.41. The second-order valence-corrected chi connectivity index (χ2v) is 5.47. The smallest absolute Gasteiger partial charge is 0.277 e. The normalized spacial score (nSPS) is 10.7. The lowest BCUT2D eigenvalue weighted by atomic mass is 10.1. The summed E-state index contributed by atoms with van der Waals surface area (Å²) in [5.41, 5.74) is 3.71. The number of amides is 1. The first kappa shape index (κ1) is 15.3. The van der Waals surface area contributed by atoms with Crippen LogP contribution < -0.4 is 10.2 Å². The summed E-state index contributed by atoms with van der Waals surface area (Å²) in [4.78, 5) is 12.6. The molecule has 0 bridgehead atoms. The van der Waals surface area contributed by atoms with Gasteiger partial charge in [-0.3, -0.25) is 4.79 Å². The Morgan fingerprint density at radius 3 is 2.81 bits per heavy atom. The Morgan fingerprint density at radius 1 is 1.33 bits per heavy atom. The Hall–Kier alpha value is -2.14. The fraction of sp³-hybridized carbons (Fsp3) is 0.250. The van der Waals surface area contributed by atoms with E-state index in [1.807, 2.05) is 41.8 Å². The van der Waals surface area contributed by atoms with Crippen molar-refractivity contribution >= 4 is 23.5 Å². The summed E-state index contributed by atoms with van der Waals surface area (Å²) in [7, 11) is 0. The Morgan fingerprint density at radius 2 is 2.14 bits per heavy atom. The number of rotatable bonds is 7. The molecular weight excluding hydrogens is 284 g/mol. The van der Waals surface area contributed by atoms with Crippen LogP contribution >= 0.6 is 11.3 Å². The van der Waals surface area contributed by atoms with Gasteiger partial charge >= 0.3 is 0 Å². The van der Waals surface area contributed by atoms with Crippen molar-refractivity contribution in [3.63, 3.8) is 0 Å². The molecule has 0 unspecified atom stereocenters. The molecule has 1 amide bonds. The maximum absolute atomic E-state index is 11.6. The first-order chi connectivity index (χ1) is 10.3. The van der Waals surface area contributed by atoms with E-state index in [4.69, 9.17) is 4.74 Å². The lowest BCUT2D eigenvalue weighted by molar-refractivity contribution is -0.123. The lowest BCUT2D eigenvalue weighted by Crippen LogP contribution is -2.24. The second kappa shape index (κ2) is 8.21. The molecule has 0 fully saturated rings. The lowest BCUT2D eigenvalue weighted by Gasteiger charge is -2.06. The van der Waals surface area contributed by atoms with Gasteiger partial charge in [0.25, 0.3) is 5.91 Å².